The van der Waals surface area contributed by atoms with Gasteiger partial charge in [-0.05, 0) is 44.9 Å². The van der Waals surface area contributed by atoms with Gasteiger partial charge in [-0.2, -0.15) is 0 Å². The number of phosphoric acid groups is 1. The van der Waals surface area contributed by atoms with Gasteiger partial charge in [0.1, 0.15) is 12.7 Å². The van der Waals surface area contributed by atoms with Crippen molar-refractivity contribution in [3.8, 4) is 0 Å². The zero-order valence-electron chi connectivity index (χ0n) is 42.2. The van der Waals surface area contributed by atoms with Crippen LogP contribution in [-0.4, -0.2) is 65.7 Å². The molecule has 65 heavy (non-hydrogen) atoms. The number of phosphoric ester groups is 1. The molecule has 0 saturated carbocycles. The molecule has 0 rings (SSSR count). The maximum atomic E-state index is 12.7. The van der Waals surface area contributed by atoms with Crippen molar-refractivity contribution in [1.82, 2.24) is 0 Å². The molecule has 0 heterocycles. The number of unbranched alkanes of at least 4 members (excludes halogenated alkanes) is 34. The molecular formula is C54H103O10P. The molecule has 3 atom stereocenters. The molecular weight excluding hydrogens is 840 g/mol. The standard InChI is InChI=1S/C54H103O10P/c1-3-5-7-9-11-13-15-17-19-21-23-24-25-26-28-30-32-34-36-38-40-42-44-46-54(58)64-52(50-63-65(59,60)62-48-51(56)47-55)49-61-53(57)45-43-41-39-37-35-33-31-29-27-22-20-18-16-14-12-10-8-6-4-2/h12,14,18,20,51-52,55-56H,3-11,13,15-17,19,21-50H2,1-2H3,(H,59,60)/b14-12+,20-18+/t51-,52+/m0/s1. The molecule has 0 spiro atoms. The molecule has 384 valence electrons. The summed E-state index contributed by atoms with van der Waals surface area (Å²) in [6, 6.07) is 0. The summed E-state index contributed by atoms with van der Waals surface area (Å²) in [6.07, 6.45) is 54.3. The number of ether oxygens (including phenoxy) is 2. The second-order valence-electron chi connectivity index (χ2n) is 18.6. The van der Waals surface area contributed by atoms with Crippen molar-refractivity contribution in [2.24, 2.45) is 0 Å². The third-order valence-corrected chi connectivity index (χ3v) is 13.1. The van der Waals surface area contributed by atoms with Crippen molar-refractivity contribution >= 4 is 19.8 Å². The average Bonchev–Trinajstić information content (AvgIpc) is 3.30. The van der Waals surface area contributed by atoms with E-state index in [0.29, 0.717) is 12.8 Å². The van der Waals surface area contributed by atoms with E-state index in [-0.39, 0.29) is 19.4 Å². The monoisotopic (exact) mass is 943 g/mol. The van der Waals surface area contributed by atoms with E-state index in [2.05, 4.69) is 38.2 Å². The summed E-state index contributed by atoms with van der Waals surface area (Å²) in [5.41, 5.74) is 0. The van der Waals surface area contributed by atoms with Crippen molar-refractivity contribution in [3.63, 3.8) is 0 Å². The predicted octanol–water partition coefficient (Wildman–Crippen LogP) is 15.7. The lowest BCUT2D eigenvalue weighted by Gasteiger charge is -2.20. The third-order valence-electron chi connectivity index (χ3n) is 12.1. The Kier molecular flexibility index (Phi) is 49.1. The predicted molar refractivity (Wildman–Crippen MR) is 270 cm³/mol. The highest BCUT2D eigenvalue weighted by Crippen LogP contribution is 2.43. The Labute approximate surface area is 399 Å². The van der Waals surface area contributed by atoms with E-state index < -0.39 is 51.8 Å². The minimum Gasteiger partial charge on any atom is -0.462 e. The molecule has 0 aliphatic heterocycles. The van der Waals surface area contributed by atoms with Crippen molar-refractivity contribution in [1.29, 1.82) is 0 Å². The number of hydrogen-bond donors (Lipinski definition) is 3. The molecule has 0 bridgehead atoms. The van der Waals surface area contributed by atoms with Crippen LogP contribution in [0.1, 0.15) is 271 Å². The first-order valence-corrected chi connectivity index (χ1v) is 28.8. The van der Waals surface area contributed by atoms with Crippen LogP contribution in [0.25, 0.3) is 0 Å². The van der Waals surface area contributed by atoms with Crippen LogP contribution in [0, 0.1) is 0 Å². The second-order valence-corrected chi connectivity index (χ2v) is 20.1. The number of aliphatic hydroxyl groups is 2. The van der Waals surface area contributed by atoms with Crippen LogP contribution in [0.15, 0.2) is 24.3 Å². The van der Waals surface area contributed by atoms with Crippen LogP contribution < -0.4 is 0 Å². The van der Waals surface area contributed by atoms with E-state index in [1.54, 1.807) is 0 Å². The summed E-state index contributed by atoms with van der Waals surface area (Å²) < 4.78 is 32.9. The fourth-order valence-corrected chi connectivity index (χ4v) is 8.70. The largest absolute Gasteiger partial charge is 0.472 e. The summed E-state index contributed by atoms with van der Waals surface area (Å²) in [5, 5.41) is 18.4. The fraction of sp³-hybridized carbons (Fsp3) is 0.889. The van der Waals surface area contributed by atoms with E-state index in [1.165, 1.54) is 180 Å². The summed E-state index contributed by atoms with van der Waals surface area (Å²) in [6.45, 7) is 2.41. The molecule has 0 aliphatic rings. The minimum absolute atomic E-state index is 0.189. The summed E-state index contributed by atoms with van der Waals surface area (Å²) in [7, 11) is -4.62. The van der Waals surface area contributed by atoms with Gasteiger partial charge in [-0.3, -0.25) is 18.6 Å². The van der Waals surface area contributed by atoms with E-state index >= 15 is 0 Å². The topological polar surface area (TPSA) is 149 Å². The maximum absolute atomic E-state index is 12.7. The lowest BCUT2D eigenvalue weighted by Crippen LogP contribution is -2.29. The van der Waals surface area contributed by atoms with Gasteiger partial charge < -0.3 is 24.6 Å². The third kappa shape index (κ3) is 50.2. The van der Waals surface area contributed by atoms with Crippen molar-refractivity contribution in [2.45, 2.75) is 283 Å². The Morgan fingerprint density at radius 1 is 0.462 bits per heavy atom. The first-order chi connectivity index (χ1) is 31.7. The smallest absolute Gasteiger partial charge is 0.462 e. The maximum Gasteiger partial charge on any atom is 0.472 e. The molecule has 0 aromatic rings. The molecule has 11 heteroatoms. The molecule has 0 aromatic carbocycles. The minimum atomic E-state index is -4.62. The van der Waals surface area contributed by atoms with Gasteiger partial charge in [-0.1, -0.05) is 237 Å². The van der Waals surface area contributed by atoms with Crippen molar-refractivity contribution in [2.75, 3.05) is 26.4 Å². The molecule has 0 amide bonds. The SMILES string of the molecule is CCCCC/C=C/C/C=C/CCCCCCCCCCCC(=O)OC[C@H](COP(=O)(O)OC[C@@H](O)CO)OC(=O)CCCCCCCCCCCCCCCCCCCCCCCCC. The Balaban J connectivity index is 4.10. The fourth-order valence-electron chi connectivity index (χ4n) is 7.91. The Morgan fingerprint density at radius 3 is 1.22 bits per heavy atom. The lowest BCUT2D eigenvalue weighted by molar-refractivity contribution is -0.161. The van der Waals surface area contributed by atoms with Crippen molar-refractivity contribution in [3.05, 3.63) is 24.3 Å². The molecule has 3 N–H and O–H groups in total. The molecule has 0 radical (unpaired) electrons. The molecule has 0 fully saturated rings. The van der Waals surface area contributed by atoms with Gasteiger partial charge in [0.2, 0.25) is 0 Å². The summed E-state index contributed by atoms with van der Waals surface area (Å²) in [4.78, 5) is 35.2. The molecule has 0 aromatic heterocycles. The van der Waals surface area contributed by atoms with Crippen LogP contribution in [-0.2, 0) is 32.7 Å². The average molecular weight is 943 g/mol. The van der Waals surface area contributed by atoms with Crippen LogP contribution in [0.3, 0.4) is 0 Å². The highest BCUT2D eigenvalue weighted by molar-refractivity contribution is 7.47. The number of carbonyl (C=O) groups is 2. The second kappa shape index (κ2) is 50.3. The van der Waals surface area contributed by atoms with E-state index in [4.69, 9.17) is 23.6 Å². The molecule has 10 nitrogen and oxygen atoms in total. The summed E-state index contributed by atoms with van der Waals surface area (Å²) in [5.74, 6) is -0.914. The van der Waals surface area contributed by atoms with Crippen LogP contribution in [0.5, 0.6) is 0 Å². The number of hydrogen-bond acceptors (Lipinski definition) is 9. The van der Waals surface area contributed by atoms with E-state index in [1.807, 2.05) is 0 Å². The lowest BCUT2D eigenvalue weighted by atomic mass is 10.0. The summed E-state index contributed by atoms with van der Waals surface area (Å²) >= 11 is 0. The molecule has 0 saturated heterocycles. The first-order valence-electron chi connectivity index (χ1n) is 27.3. The number of allylic oxidation sites excluding steroid dienone is 4. The first kappa shape index (κ1) is 63.5. The van der Waals surface area contributed by atoms with E-state index in [0.717, 1.165) is 51.4 Å². The highest BCUT2D eigenvalue weighted by Gasteiger charge is 2.27. The van der Waals surface area contributed by atoms with Gasteiger partial charge in [-0.15, -0.1) is 0 Å². The van der Waals surface area contributed by atoms with Crippen LogP contribution in [0.4, 0.5) is 0 Å². The molecule has 1 unspecified atom stereocenters. The van der Waals surface area contributed by atoms with Gasteiger partial charge in [-0.25, -0.2) is 4.57 Å². The number of carbonyl (C=O) groups excluding carboxylic acids is 2. The molecule has 0 aliphatic carbocycles. The Hall–Kier alpha value is -1.55. The van der Waals surface area contributed by atoms with Crippen LogP contribution in [0.2, 0.25) is 0 Å². The Bertz CT molecular complexity index is 1130. The number of aliphatic hydroxyl groups excluding tert-OH is 2. The van der Waals surface area contributed by atoms with Gasteiger partial charge in [0, 0.05) is 12.8 Å². The zero-order valence-corrected chi connectivity index (χ0v) is 43.1. The van der Waals surface area contributed by atoms with Gasteiger partial charge in [0.05, 0.1) is 19.8 Å². The van der Waals surface area contributed by atoms with Crippen LogP contribution >= 0.6 is 7.82 Å². The zero-order chi connectivity index (χ0) is 47.6. The van der Waals surface area contributed by atoms with Gasteiger partial charge >= 0.3 is 19.8 Å². The quantitative estimate of drug-likeness (QED) is 0.0233. The Morgan fingerprint density at radius 2 is 0.800 bits per heavy atom. The van der Waals surface area contributed by atoms with E-state index in [9.17, 15) is 24.2 Å². The van der Waals surface area contributed by atoms with Gasteiger partial charge in [0.15, 0.2) is 6.10 Å². The van der Waals surface area contributed by atoms with Crippen molar-refractivity contribution < 1.29 is 47.8 Å². The highest BCUT2D eigenvalue weighted by atomic mass is 31.2. The number of rotatable bonds is 52. The van der Waals surface area contributed by atoms with Gasteiger partial charge in [0.25, 0.3) is 0 Å². The number of esters is 2. The normalized spacial score (nSPS) is 13.7.